The van der Waals surface area contributed by atoms with Crippen LogP contribution < -0.4 is 11.1 Å². The first-order chi connectivity index (χ1) is 7.75. The van der Waals surface area contributed by atoms with Crippen molar-refractivity contribution in [2.45, 2.75) is 32.6 Å². The maximum absolute atomic E-state index is 5.90. The normalized spacial score (nSPS) is 25.3. The molecule has 0 aromatic heterocycles. The van der Waals surface area contributed by atoms with Crippen molar-refractivity contribution in [2.24, 2.45) is 11.8 Å². The Kier molecular flexibility index (Phi) is 3.70. The third kappa shape index (κ3) is 2.91. The summed E-state index contributed by atoms with van der Waals surface area (Å²) in [7, 11) is 0. The fraction of sp³-hybridized carbons (Fsp3) is 0.571. The third-order valence-electron chi connectivity index (χ3n) is 3.59. The third-order valence-corrected chi connectivity index (χ3v) is 3.59. The van der Waals surface area contributed by atoms with Crippen molar-refractivity contribution in [3.63, 3.8) is 0 Å². The number of hydrogen-bond donors (Lipinski definition) is 2. The van der Waals surface area contributed by atoms with Crippen LogP contribution in [0.3, 0.4) is 0 Å². The number of nitrogens with one attached hydrogen (secondary N) is 1. The predicted octanol–water partition coefficient (Wildman–Crippen LogP) is 3.51. The van der Waals surface area contributed by atoms with E-state index in [9.17, 15) is 0 Å². The summed E-state index contributed by atoms with van der Waals surface area (Å²) < 4.78 is 0. The van der Waals surface area contributed by atoms with Gasteiger partial charge >= 0.3 is 0 Å². The van der Waals surface area contributed by atoms with Crippen LogP contribution in [0.4, 0.5) is 11.4 Å². The quantitative estimate of drug-likeness (QED) is 0.762. The number of rotatable bonds is 3. The molecule has 88 valence electrons. The van der Waals surface area contributed by atoms with E-state index < -0.39 is 0 Å². The summed E-state index contributed by atoms with van der Waals surface area (Å²) in [5, 5.41) is 3.48. The fourth-order valence-electron chi connectivity index (χ4n) is 2.66. The van der Waals surface area contributed by atoms with Crippen LogP contribution in [0, 0.1) is 11.8 Å². The van der Waals surface area contributed by atoms with Crippen molar-refractivity contribution in [1.29, 1.82) is 0 Å². The minimum Gasteiger partial charge on any atom is -0.397 e. The highest BCUT2D eigenvalue weighted by Gasteiger charge is 2.18. The van der Waals surface area contributed by atoms with Crippen LogP contribution in [0.15, 0.2) is 24.3 Å². The molecule has 1 aromatic carbocycles. The van der Waals surface area contributed by atoms with Crippen LogP contribution >= 0.6 is 0 Å². The van der Waals surface area contributed by atoms with Crippen LogP contribution in [0.2, 0.25) is 0 Å². The van der Waals surface area contributed by atoms with E-state index in [0.717, 1.165) is 29.8 Å². The Bertz CT molecular complexity index is 335. The molecule has 0 bridgehead atoms. The standard InChI is InChI=1S/C14H22N2/c1-11-5-4-6-12(9-11)10-16-14-8-3-2-7-13(14)15/h2-3,7-8,11-12,16H,4-6,9-10,15H2,1H3. The average Bonchev–Trinajstić information content (AvgIpc) is 2.28. The molecule has 1 aliphatic rings. The van der Waals surface area contributed by atoms with Gasteiger partial charge in [-0.25, -0.2) is 0 Å². The molecule has 1 saturated carbocycles. The highest BCUT2D eigenvalue weighted by molar-refractivity contribution is 5.65. The monoisotopic (exact) mass is 218 g/mol. The van der Waals surface area contributed by atoms with Gasteiger partial charge in [-0.05, 0) is 36.8 Å². The molecular formula is C14H22N2. The molecule has 2 nitrogen and oxygen atoms in total. The molecule has 3 N–H and O–H groups in total. The maximum Gasteiger partial charge on any atom is 0.0573 e. The Morgan fingerprint density at radius 3 is 2.88 bits per heavy atom. The van der Waals surface area contributed by atoms with Gasteiger partial charge in [0.15, 0.2) is 0 Å². The first-order valence-corrected chi connectivity index (χ1v) is 6.34. The average molecular weight is 218 g/mol. The molecule has 16 heavy (non-hydrogen) atoms. The van der Waals surface area contributed by atoms with Gasteiger partial charge in [-0.2, -0.15) is 0 Å². The topological polar surface area (TPSA) is 38.0 Å². The van der Waals surface area contributed by atoms with Gasteiger partial charge in [0.2, 0.25) is 0 Å². The summed E-state index contributed by atoms with van der Waals surface area (Å²) in [5.74, 6) is 1.72. The van der Waals surface area contributed by atoms with E-state index >= 15 is 0 Å². The zero-order valence-electron chi connectivity index (χ0n) is 10.1. The van der Waals surface area contributed by atoms with E-state index in [4.69, 9.17) is 5.73 Å². The number of para-hydroxylation sites is 2. The van der Waals surface area contributed by atoms with Gasteiger partial charge in [-0.15, -0.1) is 0 Å². The lowest BCUT2D eigenvalue weighted by molar-refractivity contribution is 0.293. The van der Waals surface area contributed by atoms with Gasteiger partial charge in [0.1, 0.15) is 0 Å². The van der Waals surface area contributed by atoms with Crippen molar-refractivity contribution in [3.8, 4) is 0 Å². The Hall–Kier alpha value is -1.18. The van der Waals surface area contributed by atoms with Crippen LogP contribution in [-0.2, 0) is 0 Å². The van der Waals surface area contributed by atoms with Crippen LogP contribution in [0.25, 0.3) is 0 Å². The lowest BCUT2D eigenvalue weighted by atomic mass is 9.82. The molecule has 0 amide bonds. The summed E-state index contributed by atoms with van der Waals surface area (Å²) in [6.07, 6.45) is 5.52. The lowest BCUT2D eigenvalue weighted by Gasteiger charge is -2.27. The highest BCUT2D eigenvalue weighted by atomic mass is 14.9. The van der Waals surface area contributed by atoms with Gasteiger partial charge in [0.05, 0.1) is 11.4 Å². The molecule has 2 unspecified atom stereocenters. The van der Waals surface area contributed by atoms with Gasteiger partial charge in [0.25, 0.3) is 0 Å². The van der Waals surface area contributed by atoms with Gasteiger partial charge in [-0.1, -0.05) is 31.9 Å². The fourth-order valence-corrected chi connectivity index (χ4v) is 2.66. The molecular weight excluding hydrogens is 196 g/mol. The summed E-state index contributed by atoms with van der Waals surface area (Å²) in [6.45, 7) is 3.43. The molecule has 0 saturated heterocycles. The van der Waals surface area contributed by atoms with Crippen molar-refractivity contribution in [3.05, 3.63) is 24.3 Å². The molecule has 0 spiro atoms. The minimum atomic E-state index is 0.823. The molecule has 2 heteroatoms. The molecule has 0 heterocycles. The van der Waals surface area contributed by atoms with Gasteiger partial charge in [0, 0.05) is 6.54 Å². The largest absolute Gasteiger partial charge is 0.397 e. The molecule has 0 aliphatic heterocycles. The summed E-state index contributed by atoms with van der Waals surface area (Å²) in [4.78, 5) is 0. The number of anilines is 2. The summed E-state index contributed by atoms with van der Waals surface area (Å²) in [6, 6.07) is 8.01. The molecule has 2 rings (SSSR count). The summed E-state index contributed by atoms with van der Waals surface area (Å²) >= 11 is 0. The zero-order chi connectivity index (χ0) is 11.4. The number of benzene rings is 1. The van der Waals surface area contributed by atoms with Crippen LogP contribution in [0.5, 0.6) is 0 Å². The minimum absolute atomic E-state index is 0.823. The second kappa shape index (κ2) is 5.24. The second-order valence-electron chi connectivity index (χ2n) is 5.11. The van der Waals surface area contributed by atoms with E-state index in [1.807, 2.05) is 18.2 Å². The van der Waals surface area contributed by atoms with Crippen molar-refractivity contribution in [1.82, 2.24) is 0 Å². The van der Waals surface area contributed by atoms with Crippen LogP contribution in [-0.4, -0.2) is 6.54 Å². The Morgan fingerprint density at radius 2 is 2.12 bits per heavy atom. The van der Waals surface area contributed by atoms with Crippen molar-refractivity contribution >= 4 is 11.4 Å². The van der Waals surface area contributed by atoms with Crippen molar-refractivity contribution in [2.75, 3.05) is 17.6 Å². The SMILES string of the molecule is CC1CCCC(CNc2ccccc2N)C1. The van der Waals surface area contributed by atoms with Gasteiger partial charge < -0.3 is 11.1 Å². The van der Waals surface area contributed by atoms with E-state index in [1.54, 1.807) is 0 Å². The first kappa shape index (κ1) is 11.3. The Morgan fingerprint density at radius 1 is 1.31 bits per heavy atom. The number of nitrogen functional groups attached to an aromatic ring is 1. The molecule has 2 atom stereocenters. The molecule has 1 aliphatic carbocycles. The van der Waals surface area contributed by atoms with E-state index in [0.29, 0.717) is 0 Å². The van der Waals surface area contributed by atoms with Crippen molar-refractivity contribution < 1.29 is 0 Å². The second-order valence-corrected chi connectivity index (χ2v) is 5.11. The molecule has 1 aromatic rings. The predicted molar refractivity (Wildman–Crippen MR) is 70.5 cm³/mol. The molecule has 1 fully saturated rings. The number of hydrogen-bond acceptors (Lipinski definition) is 2. The van der Waals surface area contributed by atoms with E-state index in [-0.39, 0.29) is 0 Å². The zero-order valence-corrected chi connectivity index (χ0v) is 10.1. The Labute approximate surface area is 98.2 Å². The maximum atomic E-state index is 5.90. The van der Waals surface area contributed by atoms with Gasteiger partial charge in [-0.3, -0.25) is 0 Å². The first-order valence-electron chi connectivity index (χ1n) is 6.34. The lowest BCUT2D eigenvalue weighted by Crippen LogP contribution is -2.21. The van der Waals surface area contributed by atoms with E-state index in [1.165, 1.54) is 25.7 Å². The highest BCUT2D eigenvalue weighted by Crippen LogP contribution is 2.29. The Balaban J connectivity index is 1.85. The smallest absolute Gasteiger partial charge is 0.0573 e. The number of nitrogens with two attached hydrogens (primary N) is 1. The summed E-state index contributed by atoms with van der Waals surface area (Å²) in [5.41, 5.74) is 7.84. The van der Waals surface area contributed by atoms with Crippen LogP contribution in [0.1, 0.15) is 32.6 Å². The molecule has 0 radical (unpaired) electrons. The van der Waals surface area contributed by atoms with E-state index in [2.05, 4.69) is 18.3 Å².